The smallest absolute Gasteiger partial charge is 0.231 e. The minimum Gasteiger partial charge on any atom is -1.00 e. The van der Waals surface area contributed by atoms with Gasteiger partial charge in [-0.3, -0.25) is 9.69 Å². The van der Waals surface area contributed by atoms with Gasteiger partial charge in [-0.25, -0.2) is 0 Å². The number of ether oxygens (including phenoxy) is 3. The van der Waals surface area contributed by atoms with E-state index in [0.717, 1.165) is 25.3 Å². The van der Waals surface area contributed by atoms with Gasteiger partial charge in [0.25, 0.3) is 0 Å². The molecule has 1 amide bonds. The number of carbonyl (C=O) groups is 1. The average Bonchev–Trinajstić information content (AvgIpc) is 2.92. The van der Waals surface area contributed by atoms with E-state index in [1.807, 2.05) is 12.1 Å². The Labute approximate surface area is 142 Å². The van der Waals surface area contributed by atoms with Crippen molar-refractivity contribution in [2.45, 2.75) is 32.5 Å². The van der Waals surface area contributed by atoms with Crippen LogP contribution in [0.15, 0.2) is 18.2 Å². The monoisotopic (exact) mass is 341 g/mol. The molecule has 0 spiro atoms. The maximum absolute atomic E-state index is 12.1. The third kappa shape index (κ3) is 4.73. The number of hydrogen-bond acceptors (Lipinski definition) is 5. The molecule has 6 nitrogen and oxygen atoms in total. The van der Waals surface area contributed by atoms with E-state index in [-0.39, 0.29) is 37.3 Å². The van der Waals surface area contributed by atoms with Crippen LogP contribution in [0.5, 0.6) is 11.5 Å². The van der Waals surface area contributed by atoms with E-state index in [1.165, 1.54) is 0 Å². The second-order valence-corrected chi connectivity index (χ2v) is 5.88. The molecule has 0 radical (unpaired) electrons. The molecular weight excluding hydrogens is 320 g/mol. The summed E-state index contributed by atoms with van der Waals surface area (Å²) < 4.78 is 16.2. The van der Waals surface area contributed by atoms with Crippen molar-refractivity contribution in [1.29, 1.82) is 0 Å². The molecule has 1 aromatic carbocycles. The van der Waals surface area contributed by atoms with Gasteiger partial charge in [0.05, 0.1) is 12.2 Å². The van der Waals surface area contributed by atoms with Crippen LogP contribution in [0.25, 0.3) is 0 Å². The van der Waals surface area contributed by atoms with Crippen LogP contribution in [0.2, 0.25) is 0 Å². The fraction of sp³-hybridized carbons (Fsp3) is 0.562. The Morgan fingerprint density at radius 2 is 1.91 bits per heavy atom. The highest BCUT2D eigenvalue weighted by atomic mass is 35.5. The van der Waals surface area contributed by atoms with Crippen molar-refractivity contribution in [1.82, 2.24) is 4.90 Å². The fourth-order valence-electron chi connectivity index (χ4n) is 2.92. The average molecular weight is 342 g/mol. The zero-order chi connectivity index (χ0) is 15.5. The molecule has 2 heterocycles. The summed E-state index contributed by atoms with van der Waals surface area (Å²) in [5, 5.41) is 2.90. The second-order valence-electron chi connectivity index (χ2n) is 5.88. The van der Waals surface area contributed by atoms with Crippen molar-refractivity contribution < 1.29 is 31.4 Å². The molecule has 1 saturated heterocycles. The van der Waals surface area contributed by atoms with Crippen molar-refractivity contribution in [3.63, 3.8) is 0 Å². The first-order valence-electron chi connectivity index (χ1n) is 7.67. The Morgan fingerprint density at radius 1 is 1.22 bits per heavy atom. The van der Waals surface area contributed by atoms with Crippen LogP contribution in [0.3, 0.4) is 0 Å². The van der Waals surface area contributed by atoms with E-state index in [9.17, 15) is 4.79 Å². The van der Waals surface area contributed by atoms with E-state index in [4.69, 9.17) is 14.2 Å². The predicted octanol–water partition coefficient (Wildman–Crippen LogP) is -1.14. The third-order valence-electron chi connectivity index (χ3n) is 3.81. The first-order chi connectivity index (χ1) is 10.6. The number of carbonyl (C=O) groups excluding carboxylic acids is 1. The summed E-state index contributed by atoms with van der Waals surface area (Å²) in [6, 6.07) is 5.42. The Kier molecular flexibility index (Phi) is 6.10. The number of hydrogen-bond donors (Lipinski definition) is 1. The normalized spacial score (nSPS) is 23.2. The molecule has 7 heteroatoms. The number of benzene rings is 1. The van der Waals surface area contributed by atoms with Crippen molar-refractivity contribution >= 4 is 11.6 Å². The van der Waals surface area contributed by atoms with Gasteiger partial charge in [-0.05, 0) is 26.0 Å². The highest BCUT2D eigenvalue weighted by Crippen LogP contribution is 2.34. The molecule has 2 aliphatic heterocycles. The maximum atomic E-state index is 12.1. The number of nitrogens with one attached hydrogen (secondary N) is 1. The van der Waals surface area contributed by atoms with Gasteiger partial charge in [0.15, 0.2) is 11.5 Å². The molecule has 2 aliphatic rings. The minimum atomic E-state index is 0. The molecule has 3 rings (SSSR count). The standard InChI is InChI=1S/C16H22N2O4.ClH/c1-11-8-18(9-12(2)22-11)6-5-16(19)17-13-3-4-14-15(7-13)21-10-20-14;/h3-4,7,11-12H,5-6,8-10H2,1-2H3,(H,17,19);1H/p-1. The lowest BCUT2D eigenvalue weighted by atomic mass is 10.2. The van der Waals surface area contributed by atoms with Gasteiger partial charge in [0.1, 0.15) is 0 Å². The minimum absolute atomic E-state index is 0. The first kappa shape index (κ1) is 17.8. The molecule has 0 aromatic heterocycles. The molecule has 23 heavy (non-hydrogen) atoms. The molecule has 128 valence electrons. The molecule has 0 bridgehead atoms. The molecule has 2 atom stereocenters. The molecule has 0 aliphatic carbocycles. The lowest BCUT2D eigenvalue weighted by Crippen LogP contribution is -3.00. The third-order valence-corrected chi connectivity index (χ3v) is 3.81. The van der Waals surface area contributed by atoms with Gasteiger partial charge in [0, 0.05) is 37.8 Å². The zero-order valence-electron chi connectivity index (χ0n) is 13.4. The highest BCUT2D eigenvalue weighted by molar-refractivity contribution is 5.91. The van der Waals surface area contributed by atoms with Crippen LogP contribution in [0.1, 0.15) is 20.3 Å². The van der Waals surface area contributed by atoms with Crippen LogP contribution >= 0.6 is 0 Å². The number of nitrogens with zero attached hydrogens (tertiary/aromatic N) is 1. The van der Waals surface area contributed by atoms with Gasteiger partial charge in [-0.2, -0.15) is 0 Å². The lowest BCUT2D eigenvalue weighted by Gasteiger charge is -2.35. The topological polar surface area (TPSA) is 60.0 Å². The largest absolute Gasteiger partial charge is 1.00 e. The van der Waals surface area contributed by atoms with E-state index in [1.54, 1.807) is 6.07 Å². The maximum Gasteiger partial charge on any atom is 0.231 e. The van der Waals surface area contributed by atoms with E-state index in [0.29, 0.717) is 17.9 Å². The van der Waals surface area contributed by atoms with Crippen LogP contribution in [-0.4, -0.2) is 49.4 Å². The second kappa shape index (κ2) is 7.86. The lowest BCUT2D eigenvalue weighted by molar-refractivity contribution is -0.117. The van der Waals surface area contributed by atoms with Gasteiger partial charge in [-0.15, -0.1) is 0 Å². The number of anilines is 1. The number of halogens is 1. The Morgan fingerprint density at radius 3 is 2.65 bits per heavy atom. The Hall–Kier alpha value is -1.50. The van der Waals surface area contributed by atoms with Crippen LogP contribution in [-0.2, 0) is 9.53 Å². The molecule has 2 unspecified atom stereocenters. The Balaban J connectivity index is 0.00000192. The summed E-state index contributed by atoms with van der Waals surface area (Å²) in [7, 11) is 0. The van der Waals surface area contributed by atoms with E-state index < -0.39 is 0 Å². The van der Waals surface area contributed by atoms with Crippen LogP contribution in [0, 0.1) is 0 Å². The van der Waals surface area contributed by atoms with Gasteiger partial charge in [-0.1, -0.05) is 0 Å². The van der Waals surface area contributed by atoms with Gasteiger partial charge in [0.2, 0.25) is 12.7 Å². The summed E-state index contributed by atoms with van der Waals surface area (Å²) in [6.07, 6.45) is 0.912. The van der Waals surface area contributed by atoms with Gasteiger partial charge < -0.3 is 31.9 Å². The SMILES string of the molecule is CC1CN(CCC(=O)Nc2ccc3c(c2)OCO3)CC(C)O1.[Cl-]. The fourth-order valence-corrected chi connectivity index (χ4v) is 2.92. The zero-order valence-corrected chi connectivity index (χ0v) is 14.1. The number of amides is 1. The number of fused-ring (bicyclic) bond motifs is 1. The highest BCUT2D eigenvalue weighted by Gasteiger charge is 2.22. The quantitative estimate of drug-likeness (QED) is 0.750. The number of morpholine rings is 1. The summed E-state index contributed by atoms with van der Waals surface area (Å²) in [5.41, 5.74) is 0.734. The molecule has 0 saturated carbocycles. The van der Waals surface area contributed by atoms with Gasteiger partial charge >= 0.3 is 0 Å². The van der Waals surface area contributed by atoms with E-state index >= 15 is 0 Å². The summed E-state index contributed by atoms with van der Waals surface area (Å²) in [6.45, 7) is 6.86. The Bertz CT molecular complexity index is 545. The van der Waals surface area contributed by atoms with E-state index in [2.05, 4.69) is 24.1 Å². The molecule has 1 fully saturated rings. The van der Waals surface area contributed by atoms with Crippen molar-refractivity contribution in [2.24, 2.45) is 0 Å². The molecule has 1 aromatic rings. The number of rotatable bonds is 4. The molecular formula is C16H22ClN2O4-. The predicted molar refractivity (Wildman–Crippen MR) is 82.3 cm³/mol. The molecule has 1 N–H and O–H groups in total. The van der Waals surface area contributed by atoms with Crippen molar-refractivity contribution in [2.75, 3.05) is 31.7 Å². The van der Waals surface area contributed by atoms with Crippen molar-refractivity contribution in [3.05, 3.63) is 18.2 Å². The summed E-state index contributed by atoms with van der Waals surface area (Å²) >= 11 is 0. The van der Waals surface area contributed by atoms with Crippen LogP contribution in [0.4, 0.5) is 5.69 Å². The summed E-state index contributed by atoms with van der Waals surface area (Å²) in [4.78, 5) is 14.4. The van der Waals surface area contributed by atoms with Crippen molar-refractivity contribution in [3.8, 4) is 11.5 Å². The first-order valence-corrected chi connectivity index (χ1v) is 7.67. The van der Waals surface area contributed by atoms with Crippen LogP contribution < -0.4 is 27.2 Å². The summed E-state index contributed by atoms with van der Waals surface area (Å²) in [5.74, 6) is 1.40.